The highest BCUT2D eigenvalue weighted by atomic mass is 32.2. The van der Waals surface area contributed by atoms with E-state index in [1.54, 1.807) is 19.1 Å². The molecule has 0 aliphatic carbocycles. The van der Waals surface area contributed by atoms with E-state index in [0.717, 1.165) is 5.56 Å². The number of hydrogen-bond donors (Lipinski definition) is 0. The Labute approximate surface area is 177 Å². The summed E-state index contributed by atoms with van der Waals surface area (Å²) in [5.74, 6) is 0.567. The molecule has 1 fully saturated rings. The molecule has 10 heteroatoms. The van der Waals surface area contributed by atoms with Crippen LogP contribution in [0.15, 0.2) is 12.1 Å². The van der Waals surface area contributed by atoms with Crippen molar-refractivity contribution in [2.75, 3.05) is 46.0 Å². The molecule has 1 aliphatic rings. The molecule has 2 rings (SSSR count). The first-order valence-corrected chi connectivity index (χ1v) is 11.5. The summed E-state index contributed by atoms with van der Waals surface area (Å²) in [5.41, 5.74) is 0.791. The third-order valence-electron chi connectivity index (χ3n) is 5.01. The van der Waals surface area contributed by atoms with Crippen molar-refractivity contribution in [2.45, 2.75) is 32.2 Å². The van der Waals surface area contributed by atoms with Crippen molar-refractivity contribution < 1.29 is 37.0 Å². The minimum Gasteiger partial charge on any atom is -0.493 e. The molecule has 0 radical (unpaired) electrons. The minimum absolute atomic E-state index is 0.0400. The summed E-state index contributed by atoms with van der Waals surface area (Å²) in [6, 6.07) is 3.14. The van der Waals surface area contributed by atoms with E-state index >= 15 is 0 Å². The topological polar surface area (TPSA) is 108 Å². The normalized spacial score (nSPS) is 17.3. The fourth-order valence-electron chi connectivity index (χ4n) is 3.48. The number of likely N-dealkylation sites (N-methyl/N-ethyl adjacent to an activating group) is 1. The maximum absolute atomic E-state index is 12.4. The second-order valence-electron chi connectivity index (χ2n) is 6.93. The van der Waals surface area contributed by atoms with Crippen LogP contribution >= 0.6 is 0 Å². The summed E-state index contributed by atoms with van der Waals surface area (Å²) < 4.78 is 44.3. The van der Waals surface area contributed by atoms with Crippen LogP contribution in [-0.2, 0) is 30.6 Å². The second-order valence-corrected chi connectivity index (χ2v) is 9.16. The molecule has 1 atom stereocenters. The Kier molecular flexibility index (Phi) is 8.33. The lowest BCUT2D eigenvalue weighted by Gasteiger charge is -2.26. The van der Waals surface area contributed by atoms with Gasteiger partial charge in [-0.05, 0) is 37.5 Å². The Bertz CT molecular complexity index is 843. The molecular formula is C20H29NO8S. The third kappa shape index (κ3) is 6.01. The molecule has 1 amide bonds. The Hall–Kier alpha value is -2.49. The van der Waals surface area contributed by atoms with Crippen molar-refractivity contribution in [3.63, 3.8) is 0 Å². The Balaban J connectivity index is 1.89. The highest BCUT2D eigenvalue weighted by Crippen LogP contribution is 2.38. The van der Waals surface area contributed by atoms with Crippen LogP contribution in [0.1, 0.15) is 25.3 Å². The fraction of sp³-hybridized carbons (Fsp3) is 0.600. The number of amides is 1. The molecule has 1 aromatic carbocycles. The quantitative estimate of drug-likeness (QED) is 0.497. The van der Waals surface area contributed by atoms with Gasteiger partial charge in [0.05, 0.1) is 32.8 Å². The highest BCUT2D eigenvalue weighted by Gasteiger charge is 2.34. The van der Waals surface area contributed by atoms with Crippen molar-refractivity contribution in [3.8, 4) is 17.2 Å². The second kappa shape index (κ2) is 10.5. The van der Waals surface area contributed by atoms with Crippen molar-refractivity contribution in [1.29, 1.82) is 0 Å². The average Bonchev–Trinajstić information content (AvgIpc) is 3.09. The van der Waals surface area contributed by atoms with Gasteiger partial charge in [-0.2, -0.15) is 0 Å². The molecule has 0 bridgehead atoms. The zero-order chi connectivity index (χ0) is 22.3. The number of esters is 1. The van der Waals surface area contributed by atoms with Crippen molar-refractivity contribution >= 4 is 21.7 Å². The lowest BCUT2D eigenvalue weighted by molar-refractivity contribution is -0.152. The summed E-state index contributed by atoms with van der Waals surface area (Å²) in [6.07, 6.45) is 0.842. The molecule has 0 unspecified atom stereocenters. The van der Waals surface area contributed by atoms with E-state index in [0.29, 0.717) is 36.6 Å². The predicted octanol–water partition coefficient (Wildman–Crippen LogP) is 1.22. The number of nitrogens with zero attached hydrogens (tertiary/aromatic N) is 1. The van der Waals surface area contributed by atoms with Gasteiger partial charge in [0.25, 0.3) is 5.91 Å². The summed E-state index contributed by atoms with van der Waals surface area (Å²) in [6.45, 7) is 1.73. The molecule has 1 aliphatic heterocycles. The maximum atomic E-state index is 12.4. The number of aryl methyl sites for hydroxylation is 1. The van der Waals surface area contributed by atoms with Crippen LogP contribution in [0.5, 0.6) is 17.2 Å². The minimum atomic E-state index is -3.10. The van der Waals surface area contributed by atoms with Crippen LogP contribution in [0.2, 0.25) is 0 Å². The monoisotopic (exact) mass is 443 g/mol. The van der Waals surface area contributed by atoms with Gasteiger partial charge in [-0.1, -0.05) is 0 Å². The van der Waals surface area contributed by atoms with Gasteiger partial charge in [-0.25, -0.2) is 8.42 Å². The van der Waals surface area contributed by atoms with Gasteiger partial charge in [0.15, 0.2) is 27.9 Å². The van der Waals surface area contributed by atoms with Crippen LogP contribution in [0.25, 0.3) is 0 Å². The van der Waals surface area contributed by atoms with Crippen molar-refractivity contribution in [2.24, 2.45) is 0 Å². The number of methoxy groups -OCH3 is 3. The maximum Gasteiger partial charge on any atom is 0.306 e. The van der Waals surface area contributed by atoms with E-state index in [2.05, 4.69) is 0 Å². The first-order valence-electron chi connectivity index (χ1n) is 9.69. The summed E-state index contributed by atoms with van der Waals surface area (Å²) in [4.78, 5) is 26.0. The molecule has 0 saturated carbocycles. The first kappa shape index (κ1) is 23.8. The standard InChI is InChI=1S/C20H29NO8S/c1-5-21(15-8-9-30(24,25)13-15)18(22)12-29-19(23)7-6-14-10-16(26-2)20(28-4)17(11-14)27-3/h10-11,15H,5-9,12-13H2,1-4H3/t15-/m1/s1. The first-order chi connectivity index (χ1) is 14.2. The Morgan fingerprint density at radius 2 is 1.73 bits per heavy atom. The lowest BCUT2D eigenvalue weighted by Crippen LogP contribution is -2.43. The van der Waals surface area contributed by atoms with Crippen LogP contribution in [0.4, 0.5) is 0 Å². The average molecular weight is 444 g/mol. The van der Waals surface area contributed by atoms with E-state index in [1.807, 2.05) is 0 Å². The smallest absolute Gasteiger partial charge is 0.306 e. The number of hydrogen-bond acceptors (Lipinski definition) is 8. The third-order valence-corrected chi connectivity index (χ3v) is 6.76. The van der Waals surface area contributed by atoms with Crippen molar-refractivity contribution in [3.05, 3.63) is 17.7 Å². The molecule has 9 nitrogen and oxygen atoms in total. The fourth-order valence-corrected chi connectivity index (χ4v) is 5.21. The summed E-state index contributed by atoms with van der Waals surface area (Å²) in [5, 5.41) is 0. The molecule has 0 N–H and O–H groups in total. The summed E-state index contributed by atoms with van der Waals surface area (Å²) >= 11 is 0. The SMILES string of the molecule is CCN(C(=O)COC(=O)CCc1cc(OC)c(OC)c(OC)c1)[C@@H]1CCS(=O)(=O)C1. The van der Waals surface area contributed by atoms with Gasteiger partial charge < -0.3 is 23.8 Å². The largest absolute Gasteiger partial charge is 0.493 e. The summed E-state index contributed by atoms with van der Waals surface area (Å²) in [7, 11) is 1.43. The van der Waals surface area contributed by atoms with E-state index < -0.39 is 22.4 Å². The molecule has 1 heterocycles. The van der Waals surface area contributed by atoms with Crippen LogP contribution in [0.3, 0.4) is 0 Å². The number of sulfone groups is 1. The van der Waals surface area contributed by atoms with E-state index in [1.165, 1.54) is 26.2 Å². The number of carbonyl (C=O) groups is 2. The zero-order valence-electron chi connectivity index (χ0n) is 17.8. The molecule has 1 saturated heterocycles. The van der Waals surface area contributed by atoms with Crippen LogP contribution < -0.4 is 14.2 Å². The van der Waals surface area contributed by atoms with Gasteiger partial charge in [0.2, 0.25) is 5.75 Å². The van der Waals surface area contributed by atoms with Gasteiger partial charge in [0.1, 0.15) is 0 Å². The van der Waals surface area contributed by atoms with Crippen LogP contribution in [0, 0.1) is 0 Å². The van der Waals surface area contributed by atoms with Gasteiger partial charge in [0, 0.05) is 19.0 Å². The van der Waals surface area contributed by atoms with Gasteiger partial charge >= 0.3 is 5.97 Å². The Morgan fingerprint density at radius 3 is 2.20 bits per heavy atom. The number of rotatable bonds is 10. The lowest BCUT2D eigenvalue weighted by atomic mass is 10.1. The van der Waals surface area contributed by atoms with E-state index in [-0.39, 0.29) is 29.9 Å². The molecule has 30 heavy (non-hydrogen) atoms. The number of ether oxygens (including phenoxy) is 4. The Morgan fingerprint density at radius 1 is 1.10 bits per heavy atom. The zero-order valence-corrected chi connectivity index (χ0v) is 18.6. The predicted molar refractivity (Wildman–Crippen MR) is 110 cm³/mol. The highest BCUT2D eigenvalue weighted by molar-refractivity contribution is 7.91. The molecule has 0 aromatic heterocycles. The molecular weight excluding hydrogens is 414 g/mol. The van der Waals surface area contributed by atoms with Gasteiger partial charge in [-0.3, -0.25) is 9.59 Å². The van der Waals surface area contributed by atoms with E-state index in [9.17, 15) is 18.0 Å². The molecule has 0 spiro atoms. The molecule has 168 valence electrons. The van der Waals surface area contributed by atoms with E-state index in [4.69, 9.17) is 18.9 Å². The van der Waals surface area contributed by atoms with Gasteiger partial charge in [-0.15, -0.1) is 0 Å². The van der Waals surface area contributed by atoms with Crippen molar-refractivity contribution in [1.82, 2.24) is 4.90 Å². The molecule has 1 aromatic rings. The number of carbonyl (C=O) groups excluding carboxylic acids is 2. The number of benzene rings is 1. The van der Waals surface area contributed by atoms with Crippen LogP contribution in [-0.4, -0.2) is 77.2 Å².